The van der Waals surface area contributed by atoms with Gasteiger partial charge >= 0.3 is 0 Å². The number of hydrogen-bond donors (Lipinski definition) is 2. The summed E-state index contributed by atoms with van der Waals surface area (Å²) in [4.78, 5) is 26.3. The SMILES string of the molecule is CC12C=CC(=O)C=C1CCC1C2C(O)CC2(C)C1CC[C@]2(O)C(=O)CSc1ccccc1Cl. The van der Waals surface area contributed by atoms with Crippen molar-refractivity contribution in [3.63, 3.8) is 0 Å². The summed E-state index contributed by atoms with van der Waals surface area (Å²) >= 11 is 7.62. The van der Waals surface area contributed by atoms with Gasteiger partial charge in [-0.2, -0.15) is 0 Å². The van der Waals surface area contributed by atoms with Gasteiger partial charge in [-0.25, -0.2) is 0 Å². The maximum absolute atomic E-state index is 13.5. The van der Waals surface area contributed by atoms with Crippen LogP contribution in [0.2, 0.25) is 5.02 Å². The van der Waals surface area contributed by atoms with Gasteiger partial charge in [0.1, 0.15) is 5.60 Å². The molecule has 3 fully saturated rings. The van der Waals surface area contributed by atoms with Crippen molar-refractivity contribution in [2.45, 2.75) is 62.6 Å². The van der Waals surface area contributed by atoms with E-state index in [1.54, 1.807) is 18.2 Å². The van der Waals surface area contributed by atoms with Crippen molar-refractivity contribution >= 4 is 34.9 Å². The second kappa shape index (κ2) is 8.08. The zero-order chi connectivity index (χ0) is 23.6. The number of allylic oxidation sites excluding steroid dienone is 4. The topological polar surface area (TPSA) is 74.6 Å². The minimum absolute atomic E-state index is 0.00474. The van der Waals surface area contributed by atoms with Crippen molar-refractivity contribution < 1.29 is 19.8 Å². The lowest BCUT2D eigenvalue weighted by Gasteiger charge is -2.59. The number of carbonyl (C=O) groups is 2. The number of carbonyl (C=O) groups excluding carboxylic acids is 2. The second-order valence-electron chi connectivity index (χ2n) is 10.8. The first kappa shape index (κ1) is 23.3. The Morgan fingerprint density at radius 1 is 1.24 bits per heavy atom. The van der Waals surface area contributed by atoms with E-state index in [0.717, 1.165) is 29.7 Å². The molecule has 5 rings (SSSR count). The number of halogens is 1. The van der Waals surface area contributed by atoms with Gasteiger partial charge in [0.15, 0.2) is 11.6 Å². The third kappa shape index (κ3) is 3.42. The van der Waals surface area contributed by atoms with Crippen molar-refractivity contribution in [1.82, 2.24) is 0 Å². The minimum atomic E-state index is -1.45. The lowest BCUT2D eigenvalue weighted by atomic mass is 9.46. The molecule has 2 N–H and O–H groups in total. The molecule has 176 valence electrons. The summed E-state index contributed by atoms with van der Waals surface area (Å²) < 4.78 is 0. The maximum Gasteiger partial charge on any atom is 0.178 e. The number of benzene rings is 1. The second-order valence-corrected chi connectivity index (χ2v) is 12.2. The lowest BCUT2D eigenvalue weighted by Crippen LogP contribution is -2.61. The van der Waals surface area contributed by atoms with Gasteiger partial charge < -0.3 is 10.2 Å². The summed E-state index contributed by atoms with van der Waals surface area (Å²) in [6.07, 6.45) is 8.02. The van der Waals surface area contributed by atoms with Crippen LogP contribution in [-0.4, -0.2) is 39.2 Å². The van der Waals surface area contributed by atoms with Gasteiger partial charge in [0.05, 0.1) is 16.9 Å². The van der Waals surface area contributed by atoms with Crippen molar-refractivity contribution in [3.05, 3.63) is 53.1 Å². The number of aliphatic hydroxyl groups is 2. The third-order valence-electron chi connectivity index (χ3n) is 9.30. The molecule has 0 saturated heterocycles. The molecule has 4 aliphatic carbocycles. The Bertz CT molecular complexity index is 1070. The molecule has 0 radical (unpaired) electrons. The van der Waals surface area contributed by atoms with Gasteiger partial charge in [-0.1, -0.05) is 49.2 Å². The summed E-state index contributed by atoms with van der Waals surface area (Å²) in [7, 11) is 0. The van der Waals surface area contributed by atoms with E-state index >= 15 is 0 Å². The smallest absolute Gasteiger partial charge is 0.178 e. The summed E-state index contributed by atoms with van der Waals surface area (Å²) in [5, 5.41) is 23.9. The van der Waals surface area contributed by atoms with Crippen LogP contribution in [0.4, 0.5) is 0 Å². The van der Waals surface area contributed by atoms with Crippen LogP contribution in [0, 0.1) is 28.6 Å². The van der Waals surface area contributed by atoms with Crippen LogP contribution < -0.4 is 0 Å². The van der Waals surface area contributed by atoms with Gasteiger partial charge in [0, 0.05) is 21.6 Å². The molecule has 0 amide bonds. The van der Waals surface area contributed by atoms with Gasteiger partial charge in [0.25, 0.3) is 0 Å². The summed E-state index contributed by atoms with van der Waals surface area (Å²) in [6.45, 7) is 4.15. The molecule has 4 aliphatic rings. The van der Waals surface area contributed by atoms with E-state index in [0.29, 0.717) is 17.9 Å². The summed E-state index contributed by atoms with van der Waals surface area (Å²) in [6, 6.07) is 7.42. The Kier molecular flexibility index (Phi) is 5.72. The Hall–Kier alpha value is -1.40. The highest BCUT2D eigenvalue weighted by Crippen LogP contribution is 2.67. The van der Waals surface area contributed by atoms with E-state index in [-0.39, 0.29) is 40.5 Å². The summed E-state index contributed by atoms with van der Waals surface area (Å²) in [5.74, 6) is 0.366. The average molecular weight is 487 g/mol. The van der Waals surface area contributed by atoms with E-state index in [4.69, 9.17) is 11.6 Å². The molecule has 0 heterocycles. The molecule has 6 heteroatoms. The highest BCUT2D eigenvalue weighted by molar-refractivity contribution is 8.00. The van der Waals surface area contributed by atoms with Gasteiger partial charge in [-0.05, 0) is 68.2 Å². The van der Waals surface area contributed by atoms with Gasteiger partial charge in [-0.3, -0.25) is 9.59 Å². The van der Waals surface area contributed by atoms with E-state index in [1.807, 2.05) is 31.2 Å². The molecule has 1 aromatic rings. The molecular formula is C27H31ClO4S. The third-order valence-corrected chi connectivity index (χ3v) is 10.8. The molecule has 6 unspecified atom stereocenters. The fourth-order valence-corrected chi connectivity index (χ4v) is 8.82. The monoisotopic (exact) mass is 486 g/mol. The number of hydrogen-bond acceptors (Lipinski definition) is 5. The van der Waals surface area contributed by atoms with Crippen LogP contribution in [0.1, 0.15) is 46.0 Å². The van der Waals surface area contributed by atoms with Crippen LogP contribution in [0.3, 0.4) is 0 Å². The molecular weight excluding hydrogens is 456 g/mol. The Morgan fingerprint density at radius 2 is 2.00 bits per heavy atom. The van der Waals surface area contributed by atoms with Crippen LogP contribution in [0.5, 0.6) is 0 Å². The van der Waals surface area contributed by atoms with Crippen LogP contribution in [0.15, 0.2) is 53.0 Å². The van der Waals surface area contributed by atoms with Crippen molar-refractivity contribution in [2.24, 2.45) is 28.6 Å². The molecule has 4 nitrogen and oxygen atoms in total. The Morgan fingerprint density at radius 3 is 2.76 bits per heavy atom. The predicted molar refractivity (Wildman–Crippen MR) is 130 cm³/mol. The molecule has 1 aromatic carbocycles. The zero-order valence-electron chi connectivity index (χ0n) is 19.1. The minimum Gasteiger partial charge on any atom is -0.393 e. The van der Waals surface area contributed by atoms with Crippen molar-refractivity contribution in [1.29, 1.82) is 0 Å². The highest BCUT2D eigenvalue weighted by atomic mass is 35.5. The molecule has 33 heavy (non-hydrogen) atoms. The fourth-order valence-electron chi connectivity index (χ4n) is 7.61. The molecule has 7 atom stereocenters. The number of rotatable bonds is 4. The number of ketones is 2. The zero-order valence-corrected chi connectivity index (χ0v) is 20.7. The van der Waals surface area contributed by atoms with E-state index in [2.05, 4.69) is 6.92 Å². The van der Waals surface area contributed by atoms with Crippen LogP contribution in [0.25, 0.3) is 0 Å². The van der Waals surface area contributed by atoms with Gasteiger partial charge in [-0.15, -0.1) is 11.8 Å². The van der Waals surface area contributed by atoms with E-state index in [1.165, 1.54) is 11.8 Å². The summed E-state index contributed by atoms with van der Waals surface area (Å²) in [5.41, 5.74) is -1.35. The average Bonchev–Trinajstić information content (AvgIpc) is 3.04. The van der Waals surface area contributed by atoms with Crippen molar-refractivity contribution in [3.8, 4) is 0 Å². The van der Waals surface area contributed by atoms with Crippen LogP contribution in [-0.2, 0) is 9.59 Å². The number of aliphatic hydroxyl groups excluding tert-OH is 1. The maximum atomic E-state index is 13.5. The highest BCUT2D eigenvalue weighted by Gasteiger charge is 2.67. The molecule has 0 spiro atoms. The Balaban J connectivity index is 1.41. The largest absolute Gasteiger partial charge is 0.393 e. The number of Topliss-reactive ketones (excluding diaryl/α,β-unsaturated/α-hetero) is 1. The van der Waals surface area contributed by atoms with E-state index in [9.17, 15) is 19.8 Å². The van der Waals surface area contributed by atoms with Gasteiger partial charge in [0.2, 0.25) is 0 Å². The lowest BCUT2D eigenvalue weighted by molar-refractivity contribution is -0.174. The predicted octanol–water partition coefficient (Wildman–Crippen LogP) is 5.01. The van der Waals surface area contributed by atoms with E-state index < -0.39 is 17.1 Å². The molecule has 3 saturated carbocycles. The number of fused-ring (bicyclic) bond motifs is 5. The molecule has 0 aliphatic heterocycles. The van der Waals surface area contributed by atoms with Crippen LogP contribution >= 0.6 is 23.4 Å². The first-order valence-corrected chi connectivity index (χ1v) is 13.2. The first-order chi connectivity index (χ1) is 15.6. The first-order valence-electron chi connectivity index (χ1n) is 11.9. The molecule has 0 bridgehead atoms. The fraction of sp³-hybridized carbons (Fsp3) is 0.556. The number of thioether (sulfide) groups is 1. The normalized spacial score (nSPS) is 41.7. The Labute approximate surface area is 204 Å². The van der Waals surface area contributed by atoms with Crippen molar-refractivity contribution in [2.75, 3.05) is 5.75 Å². The molecule has 0 aromatic heterocycles. The quantitative estimate of drug-likeness (QED) is 0.585. The standard InChI is InChI=1S/C27H31ClO4S/c1-25-11-9-17(29)13-16(25)7-8-18-19-10-12-27(32,26(19,2)14-21(30)24(18)25)23(31)15-33-22-6-4-3-5-20(22)28/h3-6,9,11,13,18-19,21,24,30,32H,7-8,10,12,14-15H2,1-2H3/t18?,19?,21?,24?,25?,26?,27-/m0/s1.